The summed E-state index contributed by atoms with van der Waals surface area (Å²) in [5.41, 5.74) is 11.2. The predicted molar refractivity (Wildman–Crippen MR) is 96.6 cm³/mol. The molecular weight excluding hydrogens is 325 g/mol. The number of hydrogen-bond donors (Lipinski definition) is 2. The Kier molecular flexibility index (Phi) is 4.46. The molecule has 4 rings (SSSR count). The van der Waals surface area contributed by atoms with E-state index in [9.17, 15) is 4.39 Å². The van der Waals surface area contributed by atoms with Crippen LogP contribution in [0.4, 0.5) is 4.39 Å². The lowest BCUT2D eigenvalue weighted by Crippen LogP contribution is -2.35. The minimum Gasteiger partial charge on any atom is -0.312 e. The molecule has 0 aromatic heterocycles. The van der Waals surface area contributed by atoms with Crippen molar-refractivity contribution < 1.29 is 4.39 Å². The van der Waals surface area contributed by atoms with E-state index in [-0.39, 0.29) is 12.2 Å². The van der Waals surface area contributed by atoms with E-state index < -0.39 is 11.5 Å². The second kappa shape index (κ2) is 6.58. The van der Waals surface area contributed by atoms with E-state index in [1.54, 1.807) is 0 Å². The Hall–Kier alpha value is -1.23. The lowest BCUT2D eigenvalue weighted by Gasteiger charge is -2.29. The van der Waals surface area contributed by atoms with Crippen LogP contribution >= 0.6 is 11.6 Å². The number of allylic oxidation sites excluding steroid dienone is 1. The summed E-state index contributed by atoms with van der Waals surface area (Å²) in [6, 6.07) is 6.74. The number of hydrogen-bond acceptors (Lipinski definition) is 3. The maximum atomic E-state index is 13.7. The molecule has 2 aliphatic heterocycles. The van der Waals surface area contributed by atoms with E-state index in [0.717, 1.165) is 25.8 Å². The first kappa shape index (κ1) is 16.2. The van der Waals surface area contributed by atoms with Gasteiger partial charge in [-0.2, -0.15) is 0 Å². The molecule has 0 spiro atoms. The number of fused-ring (bicyclic) bond motifs is 1. The molecule has 2 heterocycles. The zero-order valence-corrected chi connectivity index (χ0v) is 14.3. The fraction of sp³-hybridized carbons (Fsp3) is 0.526. The topological polar surface area (TPSA) is 50.4 Å². The number of nitrogens with zero attached hydrogens (tertiary/aromatic N) is 1. The molecule has 3 nitrogen and oxygen atoms in total. The molecule has 3 aliphatic rings. The van der Waals surface area contributed by atoms with Gasteiger partial charge in [-0.3, -0.25) is 10.3 Å². The van der Waals surface area contributed by atoms with Crippen molar-refractivity contribution in [2.45, 2.75) is 55.4 Å². The van der Waals surface area contributed by atoms with Gasteiger partial charge in [-0.05, 0) is 47.9 Å². The summed E-state index contributed by atoms with van der Waals surface area (Å²) in [5, 5.41) is 2.80. The molecule has 1 aliphatic carbocycles. The van der Waals surface area contributed by atoms with Gasteiger partial charge in [0.15, 0.2) is 0 Å². The van der Waals surface area contributed by atoms with Crippen LogP contribution in [0.5, 0.6) is 0 Å². The van der Waals surface area contributed by atoms with Crippen LogP contribution in [0.3, 0.4) is 0 Å². The Morgan fingerprint density at radius 1 is 1.29 bits per heavy atom. The van der Waals surface area contributed by atoms with Gasteiger partial charge in [-0.25, -0.2) is 4.39 Å². The van der Waals surface area contributed by atoms with Crippen LogP contribution in [0.1, 0.15) is 48.0 Å². The number of rotatable bonds is 2. The molecule has 1 aromatic rings. The van der Waals surface area contributed by atoms with Crippen LogP contribution in [0.15, 0.2) is 34.8 Å². The summed E-state index contributed by atoms with van der Waals surface area (Å²) in [4.78, 5) is 4.69. The number of nitrogens with two attached hydrogens (primary N) is 1. The Balaban J connectivity index is 1.62. The highest BCUT2D eigenvalue weighted by molar-refractivity contribution is 6.22. The largest absolute Gasteiger partial charge is 0.312 e. The first-order valence-electron chi connectivity index (χ1n) is 8.75. The monoisotopic (exact) mass is 347 g/mol. The van der Waals surface area contributed by atoms with Gasteiger partial charge in [0, 0.05) is 18.7 Å². The van der Waals surface area contributed by atoms with Gasteiger partial charge in [0.05, 0.1) is 17.6 Å². The zero-order chi connectivity index (χ0) is 16.7. The number of benzene rings is 1. The molecule has 0 radical (unpaired) electrons. The number of nitrogens with one attached hydrogen (secondary N) is 1. The molecule has 24 heavy (non-hydrogen) atoms. The minimum atomic E-state index is -0.938. The standard InChI is InChI=1S/C19H23ClFN3/c20-16-10-13(3-4-17(16)21)18-14(6-8-23-18)12-2-1-11-5-7-24-19(22)15(11)9-12/h1-2,8-10,14,16-19,24H,3-7,22H2. The van der Waals surface area contributed by atoms with Crippen molar-refractivity contribution in [2.75, 3.05) is 6.54 Å². The van der Waals surface area contributed by atoms with E-state index >= 15 is 0 Å². The van der Waals surface area contributed by atoms with Crippen molar-refractivity contribution in [3.8, 4) is 0 Å². The first-order chi connectivity index (χ1) is 11.6. The van der Waals surface area contributed by atoms with Crippen molar-refractivity contribution in [1.82, 2.24) is 5.32 Å². The van der Waals surface area contributed by atoms with E-state index in [4.69, 9.17) is 17.3 Å². The number of halogens is 2. The highest BCUT2D eigenvalue weighted by Crippen LogP contribution is 2.39. The maximum absolute atomic E-state index is 13.7. The fourth-order valence-corrected chi connectivity index (χ4v) is 4.42. The summed E-state index contributed by atoms with van der Waals surface area (Å²) in [7, 11) is 0. The lowest BCUT2D eigenvalue weighted by molar-refractivity contribution is 0.307. The Morgan fingerprint density at radius 3 is 3.00 bits per heavy atom. The van der Waals surface area contributed by atoms with Crippen LogP contribution in [0.2, 0.25) is 0 Å². The van der Waals surface area contributed by atoms with E-state index in [2.05, 4.69) is 28.5 Å². The van der Waals surface area contributed by atoms with Gasteiger partial charge in [0.25, 0.3) is 0 Å². The molecule has 5 unspecified atom stereocenters. The first-order valence-corrected chi connectivity index (χ1v) is 9.19. The van der Waals surface area contributed by atoms with Crippen LogP contribution in [0, 0.1) is 0 Å². The highest BCUT2D eigenvalue weighted by atomic mass is 35.5. The average molecular weight is 348 g/mol. The summed E-state index contributed by atoms with van der Waals surface area (Å²) in [6.45, 7) is 0.928. The van der Waals surface area contributed by atoms with Gasteiger partial charge >= 0.3 is 0 Å². The molecule has 0 amide bonds. The van der Waals surface area contributed by atoms with E-state index in [1.807, 2.05) is 12.3 Å². The smallest absolute Gasteiger partial charge is 0.120 e. The molecule has 0 saturated heterocycles. The van der Waals surface area contributed by atoms with Crippen molar-refractivity contribution in [2.24, 2.45) is 10.7 Å². The minimum absolute atomic E-state index is 0.0876. The van der Waals surface area contributed by atoms with Gasteiger partial charge in [-0.15, -0.1) is 11.6 Å². The van der Waals surface area contributed by atoms with Crippen LogP contribution in [-0.4, -0.2) is 30.3 Å². The summed E-state index contributed by atoms with van der Waals surface area (Å²) in [6.07, 6.45) is 6.03. The van der Waals surface area contributed by atoms with Crippen molar-refractivity contribution in [3.05, 3.63) is 46.5 Å². The van der Waals surface area contributed by atoms with E-state index in [1.165, 1.54) is 22.3 Å². The SMILES string of the molecule is NC1NCCc2ccc(C3CC=NC3C3=CC(Cl)C(F)CC3)cc21. The van der Waals surface area contributed by atoms with Gasteiger partial charge in [0.1, 0.15) is 6.17 Å². The molecule has 0 saturated carbocycles. The van der Waals surface area contributed by atoms with Crippen molar-refractivity contribution in [1.29, 1.82) is 0 Å². The van der Waals surface area contributed by atoms with Crippen LogP contribution in [-0.2, 0) is 6.42 Å². The second-order valence-electron chi connectivity index (χ2n) is 7.00. The highest BCUT2D eigenvalue weighted by Gasteiger charge is 2.33. The number of alkyl halides is 2. The van der Waals surface area contributed by atoms with Crippen LogP contribution < -0.4 is 11.1 Å². The predicted octanol–water partition coefficient (Wildman–Crippen LogP) is 3.38. The second-order valence-corrected chi connectivity index (χ2v) is 7.50. The molecule has 0 bridgehead atoms. The van der Waals surface area contributed by atoms with Gasteiger partial charge in [0.2, 0.25) is 0 Å². The summed E-state index contributed by atoms with van der Waals surface area (Å²) >= 11 is 6.12. The van der Waals surface area contributed by atoms with Crippen molar-refractivity contribution >= 4 is 17.8 Å². The lowest BCUT2D eigenvalue weighted by atomic mass is 9.81. The normalized spacial score (nSPS) is 35.6. The third-order valence-electron chi connectivity index (χ3n) is 5.51. The van der Waals surface area contributed by atoms with E-state index in [0.29, 0.717) is 12.3 Å². The van der Waals surface area contributed by atoms with Crippen LogP contribution in [0.25, 0.3) is 0 Å². The Labute approximate surface area is 147 Å². The third kappa shape index (κ3) is 2.92. The number of aliphatic imine (C=N–C) groups is 1. The molecule has 1 aromatic carbocycles. The molecule has 5 atom stereocenters. The maximum Gasteiger partial charge on any atom is 0.120 e. The van der Waals surface area contributed by atoms with Crippen molar-refractivity contribution in [3.63, 3.8) is 0 Å². The molecule has 3 N–H and O–H groups in total. The molecule has 0 fully saturated rings. The summed E-state index contributed by atoms with van der Waals surface area (Å²) in [5.74, 6) is 0.302. The zero-order valence-electron chi connectivity index (χ0n) is 13.6. The van der Waals surface area contributed by atoms with Gasteiger partial charge in [-0.1, -0.05) is 24.3 Å². The fourth-order valence-electron chi connectivity index (χ4n) is 4.13. The molecular formula is C19H23ClFN3. The van der Waals surface area contributed by atoms with Gasteiger partial charge < -0.3 is 5.73 Å². The average Bonchev–Trinajstić information content (AvgIpc) is 3.07. The third-order valence-corrected chi connectivity index (χ3v) is 5.91. The summed E-state index contributed by atoms with van der Waals surface area (Å²) < 4.78 is 13.7. The quantitative estimate of drug-likeness (QED) is 0.636. The Bertz CT molecular complexity index is 687. The molecule has 128 valence electrons. The Morgan fingerprint density at radius 2 is 2.17 bits per heavy atom. The molecule has 5 heteroatoms.